The average Bonchev–Trinajstić information content (AvgIpc) is 2.59. The van der Waals surface area contributed by atoms with Crippen molar-refractivity contribution in [3.63, 3.8) is 0 Å². The molecule has 0 fully saturated rings. The van der Waals surface area contributed by atoms with Gasteiger partial charge in [0, 0.05) is 40.9 Å². The van der Waals surface area contributed by atoms with Crippen molar-refractivity contribution in [3.05, 3.63) is 48.5 Å². The van der Waals surface area contributed by atoms with E-state index in [2.05, 4.69) is 10.6 Å². The van der Waals surface area contributed by atoms with Crippen molar-refractivity contribution in [3.8, 4) is 0 Å². The van der Waals surface area contributed by atoms with E-state index in [1.54, 1.807) is 0 Å². The molecule has 0 aliphatic rings. The van der Waals surface area contributed by atoms with Gasteiger partial charge in [0.1, 0.15) is 11.8 Å². The van der Waals surface area contributed by atoms with Crippen molar-refractivity contribution >= 4 is 72.9 Å². The molecular formula is C14H16N2NaO6S3. The Balaban J connectivity index is 0.00000338. The third kappa shape index (κ3) is 6.74. The number of sulfone groups is 1. The minimum atomic E-state index is -3.71. The summed E-state index contributed by atoms with van der Waals surface area (Å²) in [6.45, 7) is 0. The summed E-state index contributed by atoms with van der Waals surface area (Å²) >= 11 is -3.99. The maximum atomic E-state index is 12.6. The van der Waals surface area contributed by atoms with Gasteiger partial charge in [-0.1, -0.05) is 0 Å². The van der Waals surface area contributed by atoms with Gasteiger partial charge in [-0.2, -0.15) is 0 Å². The van der Waals surface area contributed by atoms with E-state index in [0.29, 0.717) is 11.4 Å². The molecule has 12 heteroatoms. The van der Waals surface area contributed by atoms with E-state index in [-0.39, 0.29) is 51.1 Å². The Morgan fingerprint density at radius 3 is 1.31 bits per heavy atom. The Kier molecular flexibility index (Phi) is 9.41. The van der Waals surface area contributed by atoms with Gasteiger partial charge in [0.25, 0.3) is 0 Å². The SMILES string of the molecule is O=S(O)CNc1ccc(S(=O)(=O)c2ccc(NCS(=O)O)cc2)cc1.[Na]. The molecule has 2 unspecified atom stereocenters. The van der Waals surface area contributed by atoms with Gasteiger partial charge in [0.15, 0.2) is 22.2 Å². The normalized spacial score (nSPS) is 13.3. The van der Waals surface area contributed by atoms with E-state index in [0.717, 1.165) is 0 Å². The van der Waals surface area contributed by atoms with E-state index < -0.39 is 32.0 Å². The molecule has 137 valence electrons. The molecule has 0 spiro atoms. The number of anilines is 2. The van der Waals surface area contributed by atoms with E-state index in [4.69, 9.17) is 9.11 Å². The van der Waals surface area contributed by atoms with Gasteiger partial charge in [-0.05, 0) is 48.5 Å². The number of hydrogen-bond acceptors (Lipinski definition) is 6. The van der Waals surface area contributed by atoms with Crippen LogP contribution in [0.1, 0.15) is 0 Å². The van der Waals surface area contributed by atoms with Gasteiger partial charge in [0.05, 0.1) is 9.79 Å². The van der Waals surface area contributed by atoms with Crippen LogP contribution < -0.4 is 10.6 Å². The van der Waals surface area contributed by atoms with Crippen LogP contribution in [0.3, 0.4) is 0 Å². The smallest absolute Gasteiger partial charge is 0.206 e. The quantitative estimate of drug-likeness (QED) is 0.366. The van der Waals surface area contributed by atoms with Crippen LogP contribution in [0, 0.1) is 0 Å². The van der Waals surface area contributed by atoms with Crippen molar-refractivity contribution in [2.75, 3.05) is 22.4 Å². The standard InChI is InChI=1S/C14H16N2O6S3.Na/c17-23(18)9-15-11-1-5-13(6-2-11)25(21,22)14-7-3-12(4-8-14)16-10-24(19)20;/h1-8,15-16H,9-10H2,(H,17,18)(H,19,20);. The predicted octanol–water partition coefficient (Wildman–Crippen LogP) is 1.32. The first-order valence-corrected chi connectivity index (χ1v) is 10.9. The molecule has 0 saturated heterocycles. The van der Waals surface area contributed by atoms with Gasteiger partial charge in [-0.3, -0.25) is 0 Å². The fourth-order valence-corrected chi connectivity index (χ4v) is 3.77. The molecule has 2 atom stereocenters. The summed E-state index contributed by atoms with van der Waals surface area (Å²) in [7, 11) is -3.71. The number of nitrogens with one attached hydrogen (secondary N) is 2. The Morgan fingerprint density at radius 1 is 0.731 bits per heavy atom. The van der Waals surface area contributed by atoms with Crippen molar-refractivity contribution in [1.82, 2.24) is 0 Å². The van der Waals surface area contributed by atoms with Crippen LogP contribution in [-0.2, 0) is 32.0 Å². The van der Waals surface area contributed by atoms with Crippen LogP contribution in [0.15, 0.2) is 58.3 Å². The third-order valence-corrected chi connectivity index (χ3v) is 5.70. The summed E-state index contributed by atoms with van der Waals surface area (Å²) in [6, 6.07) is 11.6. The molecule has 1 radical (unpaired) electrons. The Bertz CT molecular complexity index is 805. The third-order valence-electron chi connectivity index (χ3n) is 3.13. The van der Waals surface area contributed by atoms with Crippen LogP contribution in [0.2, 0.25) is 0 Å². The van der Waals surface area contributed by atoms with E-state index in [9.17, 15) is 16.8 Å². The van der Waals surface area contributed by atoms with Crippen molar-refractivity contribution in [2.45, 2.75) is 9.79 Å². The van der Waals surface area contributed by atoms with Crippen LogP contribution in [-0.4, -0.2) is 67.3 Å². The van der Waals surface area contributed by atoms with Crippen molar-refractivity contribution in [2.24, 2.45) is 0 Å². The number of rotatable bonds is 8. The van der Waals surface area contributed by atoms with Crippen LogP contribution in [0.25, 0.3) is 0 Å². The zero-order valence-electron chi connectivity index (χ0n) is 13.8. The molecule has 26 heavy (non-hydrogen) atoms. The summed E-state index contributed by atoms with van der Waals surface area (Å²) in [5, 5.41) is 5.39. The summed E-state index contributed by atoms with van der Waals surface area (Å²) in [6.07, 6.45) is 0. The second-order valence-corrected chi connectivity index (χ2v) is 8.65. The fourth-order valence-electron chi connectivity index (χ4n) is 1.93. The monoisotopic (exact) mass is 427 g/mol. The van der Waals surface area contributed by atoms with Gasteiger partial charge >= 0.3 is 0 Å². The minimum absolute atomic E-state index is 0. The van der Waals surface area contributed by atoms with Gasteiger partial charge in [-0.25, -0.2) is 16.8 Å². The Morgan fingerprint density at radius 2 is 1.04 bits per heavy atom. The van der Waals surface area contributed by atoms with E-state index in [1.165, 1.54) is 48.5 Å². The molecule has 0 amide bonds. The Hall–Kier alpha value is -0.790. The molecule has 2 rings (SSSR count). The molecule has 0 aromatic heterocycles. The topological polar surface area (TPSA) is 133 Å². The average molecular weight is 427 g/mol. The molecule has 0 bridgehead atoms. The molecule has 0 heterocycles. The van der Waals surface area contributed by atoms with Crippen LogP contribution in [0.5, 0.6) is 0 Å². The summed E-state index contributed by atoms with van der Waals surface area (Å²) in [4.78, 5) is 0.167. The Labute approximate surface area is 178 Å². The molecule has 0 aliphatic heterocycles. The number of hydrogen-bond donors (Lipinski definition) is 4. The molecule has 8 nitrogen and oxygen atoms in total. The summed E-state index contributed by atoms with van der Waals surface area (Å²) < 4.78 is 63.8. The van der Waals surface area contributed by atoms with Crippen molar-refractivity contribution < 1.29 is 25.9 Å². The minimum Gasteiger partial charge on any atom is -0.372 e. The van der Waals surface area contributed by atoms with Crippen LogP contribution >= 0.6 is 0 Å². The largest absolute Gasteiger partial charge is 0.372 e. The van der Waals surface area contributed by atoms with Gasteiger partial charge in [-0.15, -0.1) is 0 Å². The molecule has 2 aromatic carbocycles. The van der Waals surface area contributed by atoms with E-state index in [1.807, 2.05) is 0 Å². The molecular weight excluding hydrogens is 411 g/mol. The maximum absolute atomic E-state index is 12.6. The summed E-state index contributed by atoms with van der Waals surface area (Å²) in [5.41, 5.74) is 1.05. The first-order valence-electron chi connectivity index (χ1n) is 6.87. The second kappa shape index (κ2) is 10.5. The first kappa shape index (κ1) is 23.2. The maximum Gasteiger partial charge on any atom is 0.206 e. The van der Waals surface area contributed by atoms with E-state index >= 15 is 0 Å². The van der Waals surface area contributed by atoms with Crippen LogP contribution in [0.4, 0.5) is 11.4 Å². The summed E-state index contributed by atoms with van der Waals surface area (Å²) in [5.74, 6) is -0.307. The second-order valence-electron chi connectivity index (χ2n) is 4.84. The molecule has 0 saturated carbocycles. The molecule has 2 aromatic rings. The number of benzene rings is 2. The molecule has 0 aliphatic carbocycles. The fraction of sp³-hybridized carbons (Fsp3) is 0.143. The zero-order valence-corrected chi connectivity index (χ0v) is 18.2. The van der Waals surface area contributed by atoms with Gasteiger partial charge in [0.2, 0.25) is 9.84 Å². The zero-order chi connectivity index (χ0) is 18.4. The molecule has 4 N–H and O–H groups in total. The van der Waals surface area contributed by atoms with Crippen molar-refractivity contribution in [1.29, 1.82) is 0 Å². The van der Waals surface area contributed by atoms with Gasteiger partial charge < -0.3 is 19.7 Å². The predicted molar refractivity (Wildman–Crippen MR) is 103 cm³/mol. The first-order chi connectivity index (χ1) is 11.8.